The van der Waals surface area contributed by atoms with Crippen LogP contribution in [0.1, 0.15) is 19.3 Å². The van der Waals surface area contributed by atoms with Crippen LogP contribution >= 0.6 is 0 Å². The zero-order valence-electron chi connectivity index (χ0n) is 8.49. The lowest BCUT2D eigenvalue weighted by Gasteiger charge is -2.18. The fraction of sp³-hybridized carbons (Fsp3) is 0.889. The van der Waals surface area contributed by atoms with E-state index in [1.807, 2.05) is 0 Å². The minimum Gasteiger partial charge on any atom is -0.383 e. The zero-order valence-corrected chi connectivity index (χ0v) is 9.30. The third-order valence-corrected chi connectivity index (χ3v) is 4.44. The van der Waals surface area contributed by atoms with Crippen molar-refractivity contribution in [2.45, 2.75) is 24.5 Å². The smallest absolute Gasteiger partial charge is 0.150 e. The average molecular weight is 217 g/mol. The first-order chi connectivity index (χ1) is 6.43. The Morgan fingerprint density at radius 2 is 2.29 bits per heavy atom. The molecule has 1 fully saturated rings. The van der Waals surface area contributed by atoms with E-state index in [1.165, 1.54) is 13.4 Å². The van der Waals surface area contributed by atoms with E-state index in [0.717, 1.165) is 0 Å². The van der Waals surface area contributed by atoms with E-state index in [0.29, 0.717) is 25.9 Å². The van der Waals surface area contributed by atoms with Crippen molar-refractivity contribution in [1.29, 1.82) is 5.26 Å². The molecule has 0 N–H and O–H groups in total. The summed E-state index contributed by atoms with van der Waals surface area (Å²) >= 11 is 0. The molecule has 1 aliphatic carbocycles. The average Bonchev–Trinajstić information content (AvgIpc) is 2.50. The lowest BCUT2D eigenvalue weighted by atomic mass is 9.89. The second kappa shape index (κ2) is 3.87. The SMILES string of the molecule is COC[C@]1(C#N)CC[C@H](S(C)(=O)=O)C1. The van der Waals surface area contributed by atoms with E-state index in [1.54, 1.807) is 0 Å². The van der Waals surface area contributed by atoms with E-state index < -0.39 is 15.3 Å². The van der Waals surface area contributed by atoms with Gasteiger partial charge in [0.25, 0.3) is 0 Å². The Kier molecular flexibility index (Phi) is 3.17. The van der Waals surface area contributed by atoms with E-state index in [4.69, 9.17) is 10.00 Å². The van der Waals surface area contributed by atoms with Crippen molar-refractivity contribution in [3.63, 3.8) is 0 Å². The molecular weight excluding hydrogens is 202 g/mol. The summed E-state index contributed by atoms with van der Waals surface area (Å²) in [6, 6.07) is 2.19. The van der Waals surface area contributed by atoms with Gasteiger partial charge in [0.1, 0.15) is 9.84 Å². The molecule has 1 saturated carbocycles. The van der Waals surface area contributed by atoms with Gasteiger partial charge in [-0.05, 0) is 19.3 Å². The van der Waals surface area contributed by atoms with E-state index in [-0.39, 0.29) is 5.25 Å². The maximum atomic E-state index is 11.3. The first-order valence-electron chi connectivity index (χ1n) is 4.52. The van der Waals surface area contributed by atoms with E-state index in [2.05, 4.69) is 6.07 Å². The second-order valence-corrected chi connectivity index (χ2v) is 6.35. The van der Waals surface area contributed by atoms with Gasteiger partial charge in [0.2, 0.25) is 0 Å². The third-order valence-electron chi connectivity index (χ3n) is 2.83. The van der Waals surface area contributed by atoms with E-state index >= 15 is 0 Å². The predicted octanol–water partition coefficient (Wildman–Crippen LogP) is 0.740. The summed E-state index contributed by atoms with van der Waals surface area (Å²) in [5, 5.41) is 8.64. The molecule has 1 rings (SSSR count). The van der Waals surface area contributed by atoms with Crippen molar-refractivity contribution >= 4 is 9.84 Å². The molecule has 0 radical (unpaired) electrons. The van der Waals surface area contributed by atoms with Crippen molar-refractivity contribution in [2.75, 3.05) is 20.0 Å². The number of rotatable bonds is 3. The van der Waals surface area contributed by atoms with Crippen LogP contribution in [0.2, 0.25) is 0 Å². The normalized spacial score (nSPS) is 32.8. The fourth-order valence-corrected chi connectivity index (χ4v) is 3.15. The van der Waals surface area contributed by atoms with E-state index in [9.17, 15) is 8.42 Å². The maximum Gasteiger partial charge on any atom is 0.150 e. The molecular formula is C9H15NO3S. The van der Waals surface area contributed by atoms with Crippen molar-refractivity contribution < 1.29 is 13.2 Å². The molecule has 0 saturated heterocycles. The topological polar surface area (TPSA) is 67.2 Å². The number of hydrogen-bond acceptors (Lipinski definition) is 4. The van der Waals surface area contributed by atoms with Crippen LogP contribution in [0.15, 0.2) is 0 Å². The Morgan fingerprint density at radius 1 is 1.64 bits per heavy atom. The van der Waals surface area contributed by atoms with Crippen LogP contribution in [0.3, 0.4) is 0 Å². The molecule has 14 heavy (non-hydrogen) atoms. The van der Waals surface area contributed by atoms with Gasteiger partial charge in [0, 0.05) is 13.4 Å². The third kappa shape index (κ3) is 2.25. The van der Waals surface area contributed by atoms with Crippen LogP contribution in [-0.4, -0.2) is 33.6 Å². The number of hydrogen-bond donors (Lipinski definition) is 0. The Morgan fingerprint density at radius 3 is 2.64 bits per heavy atom. The standard InChI is InChI=1S/C9H15NO3S/c1-13-7-9(6-10)4-3-8(5-9)14(2,11)12/h8H,3-5,7H2,1-2H3/t8-,9+/m0/s1. The Balaban J connectivity index is 2.77. The number of sulfone groups is 1. The van der Waals surface area contributed by atoms with Crippen LogP contribution in [-0.2, 0) is 14.6 Å². The number of nitrogens with zero attached hydrogens (tertiary/aromatic N) is 1. The lowest BCUT2D eigenvalue weighted by Crippen LogP contribution is -2.24. The minimum atomic E-state index is -3.01. The van der Waals surface area contributed by atoms with Crippen LogP contribution in [0.4, 0.5) is 0 Å². The molecule has 0 heterocycles. The fourth-order valence-electron chi connectivity index (χ4n) is 1.98. The van der Waals surface area contributed by atoms with Gasteiger partial charge >= 0.3 is 0 Å². The highest BCUT2D eigenvalue weighted by molar-refractivity contribution is 7.91. The zero-order chi connectivity index (χ0) is 10.8. The molecule has 80 valence electrons. The molecule has 0 aromatic carbocycles. The molecule has 0 aromatic rings. The van der Waals surface area contributed by atoms with Gasteiger partial charge in [0.05, 0.1) is 23.3 Å². The molecule has 0 amide bonds. The molecule has 0 aromatic heterocycles. The van der Waals surface area contributed by atoms with Crippen molar-refractivity contribution in [3.05, 3.63) is 0 Å². The number of ether oxygens (including phenoxy) is 1. The molecule has 0 unspecified atom stereocenters. The number of methoxy groups -OCH3 is 1. The van der Waals surface area contributed by atoms with Gasteiger partial charge in [-0.15, -0.1) is 0 Å². The molecule has 4 nitrogen and oxygen atoms in total. The summed E-state index contributed by atoms with van der Waals surface area (Å²) in [6.45, 7) is 0.329. The molecule has 0 spiro atoms. The Hall–Kier alpha value is -0.600. The highest BCUT2D eigenvalue weighted by atomic mass is 32.2. The van der Waals surface area contributed by atoms with Gasteiger partial charge in [-0.1, -0.05) is 0 Å². The monoisotopic (exact) mass is 217 g/mol. The molecule has 1 aliphatic rings. The summed E-state index contributed by atoms with van der Waals surface area (Å²) in [5.41, 5.74) is -0.581. The van der Waals surface area contributed by atoms with Gasteiger partial charge < -0.3 is 4.74 Å². The van der Waals surface area contributed by atoms with Gasteiger partial charge in [-0.3, -0.25) is 0 Å². The quantitative estimate of drug-likeness (QED) is 0.699. The van der Waals surface area contributed by atoms with Crippen LogP contribution in [0, 0.1) is 16.7 Å². The summed E-state index contributed by atoms with van der Waals surface area (Å²) in [6.07, 6.45) is 2.85. The summed E-state index contributed by atoms with van der Waals surface area (Å²) in [4.78, 5) is 0. The first-order valence-corrected chi connectivity index (χ1v) is 6.48. The summed E-state index contributed by atoms with van der Waals surface area (Å²) < 4.78 is 27.5. The van der Waals surface area contributed by atoms with Crippen molar-refractivity contribution in [2.24, 2.45) is 5.41 Å². The minimum absolute atomic E-state index is 0.329. The molecule has 5 heteroatoms. The Bertz CT molecular complexity index is 344. The van der Waals surface area contributed by atoms with Crippen LogP contribution in [0.5, 0.6) is 0 Å². The largest absolute Gasteiger partial charge is 0.383 e. The summed E-state index contributed by atoms with van der Waals surface area (Å²) in [5.74, 6) is 0. The first kappa shape index (κ1) is 11.5. The highest BCUT2D eigenvalue weighted by Crippen LogP contribution is 2.40. The second-order valence-electron chi connectivity index (χ2n) is 4.02. The highest BCUT2D eigenvalue weighted by Gasteiger charge is 2.43. The van der Waals surface area contributed by atoms with Gasteiger partial charge in [-0.25, -0.2) is 8.42 Å². The van der Waals surface area contributed by atoms with Crippen molar-refractivity contribution in [1.82, 2.24) is 0 Å². The summed E-state index contributed by atoms with van der Waals surface area (Å²) in [7, 11) is -1.47. The van der Waals surface area contributed by atoms with Crippen molar-refractivity contribution in [3.8, 4) is 6.07 Å². The molecule has 0 aliphatic heterocycles. The van der Waals surface area contributed by atoms with Crippen LogP contribution < -0.4 is 0 Å². The molecule has 2 atom stereocenters. The van der Waals surface area contributed by atoms with Gasteiger partial charge in [0.15, 0.2) is 0 Å². The maximum absolute atomic E-state index is 11.3. The Labute approximate surface area is 84.8 Å². The number of nitriles is 1. The predicted molar refractivity (Wildman–Crippen MR) is 52.4 cm³/mol. The van der Waals surface area contributed by atoms with Gasteiger partial charge in [-0.2, -0.15) is 5.26 Å². The van der Waals surface area contributed by atoms with Crippen LogP contribution in [0.25, 0.3) is 0 Å². The lowest BCUT2D eigenvalue weighted by molar-refractivity contribution is 0.120. The molecule has 0 bridgehead atoms.